The first-order chi connectivity index (χ1) is 9.22. The molecule has 0 fully saturated rings. The Bertz CT molecular complexity index is 436. The van der Waals surface area contributed by atoms with Gasteiger partial charge in [-0.05, 0) is 35.3 Å². The molecule has 0 saturated carbocycles. The van der Waals surface area contributed by atoms with Crippen molar-refractivity contribution in [2.45, 2.75) is 29.6 Å². The van der Waals surface area contributed by atoms with E-state index in [4.69, 9.17) is 5.73 Å². The van der Waals surface area contributed by atoms with Crippen LogP contribution >= 0.6 is 23.5 Å². The van der Waals surface area contributed by atoms with E-state index in [9.17, 15) is 0 Å². The van der Waals surface area contributed by atoms with Gasteiger partial charge in [-0.25, -0.2) is 0 Å². The number of thioether (sulfide) groups is 2. The van der Waals surface area contributed by atoms with Crippen LogP contribution in [-0.2, 0) is 0 Å². The Morgan fingerprint density at radius 3 is 2.32 bits per heavy atom. The standard InChI is InChI=1S/C14H21N3S2/c1-3-18-12-5-10(6-13(7-12)19-4-2)11-8-16-14(15)17-9-11/h5-7,11H,3-4,8-9H2,1-2H3,(H3,15,16,17). The smallest absolute Gasteiger partial charge is 0.188 e. The lowest BCUT2D eigenvalue weighted by atomic mass is 9.98. The van der Waals surface area contributed by atoms with Crippen LogP contribution in [0, 0.1) is 0 Å². The van der Waals surface area contributed by atoms with Crippen LogP contribution in [0.2, 0.25) is 0 Å². The number of rotatable bonds is 5. The molecule has 1 atom stereocenters. The van der Waals surface area contributed by atoms with Crippen molar-refractivity contribution in [2.75, 3.05) is 24.6 Å². The van der Waals surface area contributed by atoms with Crippen molar-refractivity contribution in [3.63, 3.8) is 0 Å². The molecule has 0 bridgehead atoms. The van der Waals surface area contributed by atoms with E-state index in [1.54, 1.807) is 0 Å². The normalized spacial score (nSPS) is 18.8. The van der Waals surface area contributed by atoms with Gasteiger partial charge in [0.2, 0.25) is 0 Å². The molecule has 19 heavy (non-hydrogen) atoms. The molecule has 1 aliphatic heterocycles. The lowest BCUT2D eigenvalue weighted by molar-refractivity contribution is 0.632. The molecular formula is C14H21N3S2. The van der Waals surface area contributed by atoms with E-state index in [0.717, 1.165) is 24.6 Å². The zero-order valence-electron chi connectivity index (χ0n) is 11.5. The van der Waals surface area contributed by atoms with Gasteiger partial charge in [0.05, 0.1) is 6.54 Å². The molecule has 1 aliphatic rings. The van der Waals surface area contributed by atoms with Gasteiger partial charge in [0.25, 0.3) is 0 Å². The lowest BCUT2D eigenvalue weighted by Gasteiger charge is -2.22. The minimum atomic E-state index is 0.431. The van der Waals surface area contributed by atoms with E-state index in [1.165, 1.54) is 15.4 Å². The summed E-state index contributed by atoms with van der Waals surface area (Å²) in [6, 6.07) is 6.90. The summed E-state index contributed by atoms with van der Waals surface area (Å²) < 4.78 is 0. The summed E-state index contributed by atoms with van der Waals surface area (Å²) in [5.41, 5.74) is 7.03. The van der Waals surface area contributed by atoms with Gasteiger partial charge in [-0.1, -0.05) is 13.8 Å². The fraction of sp³-hybridized carbons (Fsp3) is 0.500. The van der Waals surface area contributed by atoms with Crippen molar-refractivity contribution in [1.82, 2.24) is 5.32 Å². The molecule has 3 N–H and O–H groups in total. The van der Waals surface area contributed by atoms with E-state index in [-0.39, 0.29) is 0 Å². The highest BCUT2D eigenvalue weighted by Gasteiger charge is 2.17. The summed E-state index contributed by atoms with van der Waals surface area (Å²) in [5.74, 6) is 3.21. The number of nitrogens with one attached hydrogen (secondary N) is 1. The first-order valence-corrected chi connectivity index (χ1v) is 8.64. The third kappa shape index (κ3) is 4.08. The predicted molar refractivity (Wildman–Crippen MR) is 86.5 cm³/mol. The average molecular weight is 295 g/mol. The molecule has 1 aromatic rings. The van der Waals surface area contributed by atoms with Gasteiger partial charge in [0.1, 0.15) is 0 Å². The molecule has 0 amide bonds. The Hall–Kier alpha value is -0.810. The van der Waals surface area contributed by atoms with Crippen molar-refractivity contribution in [3.8, 4) is 0 Å². The minimum absolute atomic E-state index is 0.431. The predicted octanol–water partition coefficient (Wildman–Crippen LogP) is 2.91. The summed E-state index contributed by atoms with van der Waals surface area (Å²) in [6.45, 7) is 6.05. The molecule has 1 unspecified atom stereocenters. The van der Waals surface area contributed by atoms with Crippen molar-refractivity contribution in [2.24, 2.45) is 10.7 Å². The van der Waals surface area contributed by atoms with Gasteiger partial charge in [-0.3, -0.25) is 4.99 Å². The Labute approximate surface area is 123 Å². The second kappa shape index (κ2) is 7.10. The maximum absolute atomic E-state index is 5.66. The number of aliphatic imine (C=N–C) groups is 1. The third-order valence-electron chi connectivity index (χ3n) is 3.01. The molecule has 0 saturated heterocycles. The van der Waals surface area contributed by atoms with Crippen LogP contribution in [0.25, 0.3) is 0 Å². The summed E-state index contributed by atoms with van der Waals surface area (Å²) in [4.78, 5) is 7.03. The first-order valence-electron chi connectivity index (χ1n) is 6.67. The molecule has 3 nitrogen and oxygen atoms in total. The lowest BCUT2D eigenvalue weighted by Crippen LogP contribution is -2.39. The van der Waals surface area contributed by atoms with Crippen LogP contribution in [-0.4, -0.2) is 30.6 Å². The Balaban J connectivity index is 2.22. The quantitative estimate of drug-likeness (QED) is 0.820. The Morgan fingerprint density at radius 1 is 1.21 bits per heavy atom. The summed E-state index contributed by atoms with van der Waals surface area (Å²) in [7, 11) is 0. The number of guanidine groups is 1. The van der Waals surface area contributed by atoms with Crippen LogP contribution < -0.4 is 11.1 Å². The van der Waals surface area contributed by atoms with E-state index >= 15 is 0 Å². The van der Waals surface area contributed by atoms with Gasteiger partial charge < -0.3 is 11.1 Å². The highest BCUT2D eigenvalue weighted by atomic mass is 32.2. The van der Waals surface area contributed by atoms with Crippen LogP contribution in [0.3, 0.4) is 0 Å². The largest absolute Gasteiger partial charge is 0.370 e. The van der Waals surface area contributed by atoms with Gasteiger partial charge in [-0.2, -0.15) is 0 Å². The number of hydrogen-bond acceptors (Lipinski definition) is 5. The Morgan fingerprint density at radius 2 is 1.84 bits per heavy atom. The van der Waals surface area contributed by atoms with Crippen molar-refractivity contribution >= 4 is 29.5 Å². The van der Waals surface area contributed by atoms with Gasteiger partial charge in [0.15, 0.2) is 5.96 Å². The number of nitrogens with zero attached hydrogens (tertiary/aromatic N) is 1. The first kappa shape index (κ1) is 14.6. The van der Waals surface area contributed by atoms with Gasteiger partial charge in [0, 0.05) is 22.3 Å². The zero-order chi connectivity index (χ0) is 13.7. The van der Waals surface area contributed by atoms with Crippen LogP contribution in [0.4, 0.5) is 0 Å². The topological polar surface area (TPSA) is 50.4 Å². The minimum Gasteiger partial charge on any atom is -0.370 e. The summed E-state index contributed by atoms with van der Waals surface area (Å²) in [5, 5.41) is 3.15. The van der Waals surface area contributed by atoms with E-state index in [2.05, 4.69) is 42.4 Å². The summed E-state index contributed by atoms with van der Waals surface area (Å²) in [6.07, 6.45) is 0. The van der Waals surface area contributed by atoms with Crippen molar-refractivity contribution < 1.29 is 0 Å². The number of benzene rings is 1. The maximum atomic E-state index is 5.66. The Kier molecular flexibility index (Phi) is 5.45. The average Bonchev–Trinajstić information content (AvgIpc) is 2.40. The van der Waals surface area contributed by atoms with Crippen molar-refractivity contribution in [1.29, 1.82) is 0 Å². The summed E-state index contributed by atoms with van der Waals surface area (Å²) >= 11 is 3.80. The van der Waals surface area contributed by atoms with E-state index in [1.807, 2.05) is 23.5 Å². The van der Waals surface area contributed by atoms with Crippen LogP contribution in [0.5, 0.6) is 0 Å². The molecule has 0 spiro atoms. The highest BCUT2D eigenvalue weighted by molar-refractivity contribution is 8.00. The monoisotopic (exact) mass is 295 g/mol. The third-order valence-corrected chi connectivity index (χ3v) is 4.72. The van der Waals surface area contributed by atoms with E-state index < -0.39 is 0 Å². The molecule has 5 heteroatoms. The van der Waals surface area contributed by atoms with Crippen LogP contribution in [0.15, 0.2) is 33.0 Å². The van der Waals surface area contributed by atoms with Crippen molar-refractivity contribution in [3.05, 3.63) is 23.8 Å². The number of nitrogens with two attached hydrogens (primary N) is 1. The zero-order valence-corrected chi connectivity index (χ0v) is 13.1. The maximum Gasteiger partial charge on any atom is 0.188 e. The second-order valence-electron chi connectivity index (χ2n) is 4.41. The molecule has 0 aromatic heterocycles. The molecule has 0 aliphatic carbocycles. The molecule has 104 valence electrons. The molecule has 0 radical (unpaired) electrons. The molecule has 1 aromatic carbocycles. The van der Waals surface area contributed by atoms with Crippen LogP contribution in [0.1, 0.15) is 25.3 Å². The fourth-order valence-electron chi connectivity index (χ4n) is 2.11. The second-order valence-corrected chi connectivity index (χ2v) is 7.08. The fourth-order valence-corrected chi connectivity index (χ4v) is 3.71. The molecule has 1 heterocycles. The van der Waals surface area contributed by atoms with Gasteiger partial charge >= 0.3 is 0 Å². The van der Waals surface area contributed by atoms with E-state index in [0.29, 0.717) is 11.9 Å². The highest BCUT2D eigenvalue weighted by Crippen LogP contribution is 2.30. The number of hydrogen-bond donors (Lipinski definition) is 2. The molecular weight excluding hydrogens is 274 g/mol. The molecule has 2 rings (SSSR count). The van der Waals surface area contributed by atoms with Gasteiger partial charge in [-0.15, -0.1) is 23.5 Å². The SMILES string of the molecule is CCSc1cc(SCC)cc(C2CN=C(N)NC2)c1.